The van der Waals surface area contributed by atoms with E-state index in [4.69, 9.17) is 0 Å². The maximum Gasteiger partial charge on any atom is 0.257 e. The molecule has 0 aliphatic heterocycles. The second-order valence-corrected chi connectivity index (χ2v) is 7.69. The summed E-state index contributed by atoms with van der Waals surface area (Å²) in [6.45, 7) is 3.88. The number of nitrogens with one attached hydrogen (secondary N) is 1. The summed E-state index contributed by atoms with van der Waals surface area (Å²) < 4.78 is 0. The normalized spacial score (nSPS) is 16.3. The molecule has 0 saturated carbocycles. The summed E-state index contributed by atoms with van der Waals surface area (Å²) in [6.07, 6.45) is 0.617. The van der Waals surface area contributed by atoms with E-state index in [1.54, 1.807) is 36.2 Å². The fraction of sp³-hybridized carbons (Fsp3) is 0.368. The highest BCUT2D eigenvalue weighted by atomic mass is 32.1. The second-order valence-electron chi connectivity index (χ2n) is 6.69. The van der Waals surface area contributed by atoms with Crippen LogP contribution in [0.15, 0.2) is 30.3 Å². The Balaban J connectivity index is 1.76. The predicted molar refractivity (Wildman–Crippen MR) is 101 cm³/mol. The number of thiazole rings is 1. The molecular formula is C19H21N3O3S. The molecule has 1 aliphatic carbocycles. The minimum absolute atomic E-state index is 0.0399. The van der Waals surface area contributed by atoms with Gasteiger partial charge in [-0.3, -0.25) is 19.7 Å². The largest absolute Gasteiger partial charge is 0.343 e. The van der Waals surface area contributed by atoms with Crippen LogP contribution in [0, 0.1) is 5.92 Å². The van der Waals surface area contributed by atoms with Gasteiger partial charge in [-0.1, -0.05) is 29.5 Å². The number of aromatic nitrogens is 1. The molecule has 1 N–H and O–H groups in total. The van der Waals surface area contributed by atoms with E-state index in [9.17, 15) is 14.4 Å². The standard InChI is InChI=1S/C19H21N3O3S/c1-11(2)22(3)18(25)13-9-14-16(15(23)10-13)26-19(20-14)21-17(24)12-7-5-4-6-8-12/h4-8,11,13H,9-10H2,1-3H3,(H,20,21,24)/t13-/m0/s1. The quantitative estimate of drug-likeness (QED) is 0.896. The third-order valence-electron chi connectivity index (χ3n) is 4.55. The zero-order chi connectivity index (χ0) is 18.8. The highest BCUT2D eigenvalue weighted by molar-refractivity contribution is 7.17. The van der Waals surface area contributed by atoms with Crippen LogP contribution in [0.4, 0.5) is 5.13 Å². The zero-order valence-corrected chi connectivity index (χ0v) is 15.8. The molecule has 0 fully saturated rings. The molecule has 1 aromatic heterocycles. The van der Waals surface area contributed by atoms with Crippen LogP contribution >= 0.6 is 11.3 Å². The first-order valence-electron chi connectivity index (χ1n) is 8.52. The van der Waals surface area contributed by atoms with Gasteiger partial charge >= 0.3 is 0 Å². The highest BCUT2D eigenvalue weighted by Crippen LogP contribution is 2.33. The second kappa shape index (κ2) is 7.37. The molecule has 26 heavy (non-hydrogen) atoms. The number of Topliss-reactive ketones (excluding diaryl/α,β-unsaturated/α-hetero) is 1. The molecule has 0 unspecified atom stereocenters. The Morgan fingerprint density at radius 2 is 1.92 bits per heavy atom. The Labute approximate surface area is 156 Å². The van der Waals surface area contributed by atoms with Crippen LogP contribution in [0.3, 0.4) is 0 Å². The van der Waals surface area contributed by atoms with Gasteiger partial charge in [-0.25, -0.2) is 4.98 Å². The van der Waals surface area contributed by atoms with Gasteiger partial charge in [0.25, 0.3) is 5.91 Å². The smallest absolute Gasteiger partial charge is 0.257 e. The summed E-state index contributed by atoms with van der Waals surface area (Å²) in [5.41, 5.74) is 1.13. The van der Waals surface area contributed by atoms with Crippen LogP contribution in [-0.2, 0) is 11.2 Å². The molecule has 0 saturated heterocycles. The first kappa shape index (κ1) is 18.3. The fourth-order valence-corrected chi connectivity index (χ4v) is 3.80. The van der Waals surface area contributed by atoms with Crippen molar-refractivity contribution < 1.29 is 14.4 Å². The summed E-state index contributed by atoms with van der Waals surface area (Å²) in [4.78, 5) is 43.9. The average Bonchev–Trinajstić information content (AvgIpc) is 3.04. The molecule has 2 amide bonds. The number of amides is 2. The number of hydrogen-bond donors (Lipinski definition) is 1. The molecular weight excluding hydrogens is 350 g/mol. The monoisotopic (exact) mass is 371 g/mol. The van der Waals surface area contributed by atoms with Crippen molar-refractivity contribution in [1.29, 1.82) is 0 Å². The molecule has 1 atom stereocenters. The van der Waals surface area contributed by atoms with Crippen molar-refractivity contribution in [2.75, 3.05) is 12.4 Å². The van der Waals surface area contributed by atoms with Crippen molar-refractivity contribution in [2.45, 2.75) is 32.7 Å². The fourth-order valence-electron chi connectivity index (χ4n) is 2.86. The molecule has 0 spiro atoms. The molecule has 7 heteroatoms. The lowest BCUT2D eigenvalue weighted by Crippen LogP contribution is -2.40. The van der Waals surface area contributed by atoms with E-state index >= 15 is 0 Å². The summed E-state index contributed by atoms with van der Waals surface area (Å²) in [6, 6.07) is 8.91. The first-order valence-corrected chi connectivity index (χ1v) is 9.34. The van der Waals surface area contributed by atoms with Crippen LogP contribution in [0.5, 0.6) is 0 Å². The Hall–Kier alpha value is -2.54. The molecule has 0 radical (unpaired) electrons. The summed E-state index contributed by atoms with van der Waals surface area (Å²) in [5.74, 6) is -0.778. The lowest BCUT2D eigenvalue weighted by Gasteiger charge is -2.28. The van der Waals surface area contributed by atoms with Crippen LogP contribution in [0.1, 0.15) is 46.0 Å². The van der Waals surface area contributed by atoms with Crippen molar-refractivity contribution >= 4 is 34.1 Å². The number of anilines is 1. The summed E-state index contributed by atoms with van der Waals surface area (Å²) in [5, 5.41) is 3.13. The van der Waals surface area contributed by atoms with Gasteiger partial charge in [-0.2, -0.15) is 0 Å². The average molecular weight is 371 g/mol. The number of ketones is 1. The zero-order valence-electron chi connectivity index (χ0n) is 15.0. The van der Waals surface area contributed by atoms with Crippen LogP contribution in [-0.4, -0.2) is 40.6 Å². The molecule has 1 aromatic carbocycles. The van der Waals surface area contributed by atoms with E-state index in [0.29, 0.717) is 27.7 Å². The van der Waals surface area contributed by atoms with Crippen molar-refractivity contribution in [3.05, 3.63) is 46.5 Å². The third kappa shape index (κ3) is 3.67. The minimum atomic E-state index is -0.387. The van der Waals surface area contributed by atoms with Gasteiger partial charge in [0.15, 0.2) is 10.9 Å². The van der Waals surface area contributed by atoms with E-state index < -0.39 is 0 Å². The molecule has 1 heterocycles. The van der Waals surface area contributed by atoms with Crippen molar-refractivity contribution in [2.24, 2.45) is 5.92 Å². The topological polar surface area (TPSA) is 79.4 Å². The van der Waals surface area contributed by atoms with Gasteiger partial charge in [0.2, 0.25) is 5.91 Å². The van der Waals surface area contributed by atoms with Crippen LogP contribution < -0.4 is 5.32 Å². The third-order valence-corrected chi connectivity index (χ3v) is 5.60. The number of benzene rings is 1. The SMILES string of the molecule is CC(C)N(C)C(=O)[C@@H]1CC(=O)c2sc(NC(=O)c3ccccc3)nc2C1. The van der Waals surface area contributed by atoms with E-state index in [0.717, 1.165) is 0 Å². The van der Waals surface area contributed by atoms with Gasteiger partial charge in [-0.05, 0) is 26.0 Å². The lowest BCUT2D eigenvalue weighted by molar-refractivity contribution is -0.135. The maximum absolute atomic E-state index is 12.5. The number of rotatable bonds is 4. The molecule has 136 valence electrons. The van der Waals surface area contributed by atoms with E-state index in [1.807, 2.05) is 19.9 Å². The molecule has 1 aliphatic rings. The molecule has 2 aromatic rings. The summed E-state index contributed by atoms with van der Waals surface area (Å²) in [7, 11) is 1.75. The number of nitrogens with zero attached hydrogens (tertiary/aromatic N) is 2. The predicted octanol–water partition coefficient (Wildman–Crippen LogP) is 3.01. The highest BCUT2D eigenvalue weighted by Gasteiger charge is 2.34. The van der Waals surface area contributed by atoms with Gasteiger partial charge in [0.1, 0.15) is 0 Å². The Morgan fingerprint density at radius 1 is 1.23 bits per heavy atom. The number of carbonyl (C=O) groups is 3. The van der Waals surface area contributed by atoms with E-state index in [-0.39, 0.29) is 36.0 Å². The van der Waals surface area contributed by atoms with Crippen LogP contribution in [0.25, 0.3) is 0 Å². The Bertz CT molecular complexity index is 845. The number of hydrogen-bond acceptors (Lipinski definition) is 5. The van der Waals surface area contributed by atoms with Crippen molar-refractivity contribution in [3.8, 4) is 0 Å². The molecule has 6 nitrogen and oxygen atoms in total. The number of fused-ring (bicyclic) bond motifs is 1. The van der Waals surface area contributed by atoms with E-state index in [2.05, 4.69) is 10.3 Å². The van der Waals surface area contributed by atoms with Crippen molar-refractivity contribution in [1.82, 2.24) is 9.88 Å². The van der Waals surface area contributed by atoms with Gasteiger partial charge in [-0.15, -0.1) is 0 Å². The lowest BCUT2D eigenvalue weighted by atomic mass is 9.89. The summed E-state index contributed by atoms with van der Waals surface area (Å²) >= 11 is 1.18. The maximum atomic E-state index is 12.5. The minimum Gasteiger partial charge on any atom is -0.343 e. The Kier molecular flexibility index (Phi) is 5.18. The molecule has 3 rings (SSSR count). The first-order chi connectivity index (χ1) is 12.4. The number of carbonyl (C=O) groups excluding carboxylic acids is 3. The van der Waals surface area contributed by atoms with E-state index in [1.165, 1.54) is 11.3 Å². The van der Waals surface area contributed by atoms with Crippen molar-refractivity contribution in [3.63, 3.8) is 0 Å². The molecule has 0 bridgehead atoms. The van der Waals surface area contributed by atoms with Gasteiger partial charge in [0.05, 0.1) is 16.5 Å². The Morgan fingerprint density at radius 3 is 2.58 bits per heavy atom. The van der Waals surface area contributed by atoms with Gasteiger partial charge in [0, 0.05) is 31.5 Å². The van der Waals surface area contributed by atoms with Crippen LogP contribution in [0.2, 0.25) is 0 Å². The van der Waals surface area contributed by atoms with Gasteiger partial charge < -0.3 is 4.90 Å².